The van der Waals surface area contributed by atoms with Gasteiger partial charge in [0, 0.05) is 25.0 Å². The van der Waals surface area contributed by atoms with E-state index in [0.29, 0.717) is 44.0 Å². The predicted octanol–water partition coefficient (Wildman–Crippen LogP) is 2.66. The number of amides is 1. The lowest BCUT2D eigenvalue weighted by molar-refractivity contribution is -0.132. The Morgan fingerprint density at radius 1 is 1.03 bits per heavy atom. The second-order valence-electron chi connectivity index (χ2n) is 8.07. The van der Waals surface area contributed by atoms with Crippen LogP contribution >= 0.6 is 0 Å². The van der Waals surface area contributed by atoms with Crippen LogP contribution in [0.3, 0.4) is 0 Å². The van der Waals surface area contributed by atoms with Gasteiger partial charge in [-0.15, -0.1) is 0 Å². The van der Waals surface area contributed by atoms with Gasteiger partial charge >= 0.3 is 0 Å². The van der Waals surface area contributed by atoms with Crippen molar-refractivity contribution in [1.82, 2.24) is 9.62 Å². The molecule has 0 aromatic heterocycles. The van der Waals surface area contributed by atoms with Crippen LogP contribution in [0.4, 0.5) is 0 Å². The van der Waals surface area contributed by atoms with E-state index >= 15 is 0 Å². The third-order valence-corrected chi connectivity index (χ3v) is 7.70. The fourth-order valence-electron chi connectivity index (χ4n) is 3.81. The van der Waals surface area contributed by atoms with Crippen molar-refractivity contribution in [2.24, 2.45) is 5.41 Å². The first-order valence-corrected chi connectivity index (χ1v) is 11.7. The number of fused-ring (bicyclic) bond motifs is 1. The van der Waals surface area contributed by atoms with Crippen molar-refractivity contribution < 1.29 is 22.7 Å². The van der Waals surface area contributed by atoms with Gasteiger partial charge in [0.2, 0.25) is 22.7 Å². The van der Waals surface area contributed by atoms with Crippen molar-refractivity contribution in [3.8, 4) is 11.5 Å². The van der Waals surface area contributed by atoms with Gasteiger partial charge in [-0.1, -0.05) is 43.3 Å². The highest BCUT2D eigenvalue weighted by molar-refractivity contribution is 7.88. The second kappa shape index (κ2) is 8.28. The third-order valence-electron chi connectivity index (χ3n) is 5.85. The van der Waals surface area contributed by atoms with Gasteiger partial charge in [-0.05, 0) is 36.1 Å². The Bertz CT molecular complexity index is 1020. The van der Waals surface area contributed by atoms with Crippen LogP contribution < -0.4 is 14.8 Å². The molecule has 7 nitrogen and oxygen atoms in total. The summed E-state index contributed by atoms with van der Waals surface area (Å²) in [5.74, 6) is 1.33. The molecular formula is C22H26N2O5S. The van der Waals surface area contributed by atoms with Gasteiger partial charge in [-0.25, -0.2) is 12.7 Å². The Morgan fingerprint density at radius 2 is 1.73 bits per heavy atom. The summed E-state index contributed by atoms with van der Waals surface area (Å²) >= 11 is 0. The smallest absolute Gasteiger partial charge is 0.231 e. The van der Waals surface area contributed by atoms with E-state index in [1.807, 2.05) is 55.5 Å². The van der Waals surface area contributed by atoms with E-state index in [0.717, 1.165) is 11.1 Å². The molecule has 2 aromatic rings. The number of carbonyl (C=O) groups is 1. The summed E-state index contributed by atoms with van der Waals surface area (Å²) in [7, 11) is -3.40. The van der Waals surface area contributed by atoms with Crippen LogP contribution in [0.5, 0.6) is 11.5 Å². The Kier molecular flexibility index (Phi) is 5.71. The predicted molar refractivity (Wildman–Crippen MR) is 112 cm³/mol. The molecule has 0 bridgehead atoms. The Morgan fingerprint density at radius 3 is 2.47 bits per heavy atom. The minimum Gasteiger partial charge on any atom is -0.454 e. The number of benzene rings is 2. The summed E-state index contributed by atoms with van der Waals surface area (Å²) in [6, 6.07) is 14.8. The molecule has 160 valence electrons. The van der Waals surface area contributed by atoms with Crippen molar-refractivity contribution in [2.45, 2.75) is 32.1 Å². The minimum absolute atomic E-state index is 0.0130. The van der Waals surface area contributed by atoms with Gasteiger partial charge in [0.05, 0.1) is 5.75 Å². The van der Waals surface area contributed by atoms with Crippen molar-refractivity contribution in [3.63, 3.8) is 0 Å². The van der Waals surface area contributed by atoms with Gasteiger partial charge in [0.1, 0.15) is 0 Å². The highest BCUT2D eigenvalue weighted by Crippen LogP contribution is 2.34. The van der Waals surface area contributed by atoms with Gasteiger partial charge in [0.15, 0.2) is 11.5 Å². The molecule has 2 aromatic carbocycles. The number of piperidine rings is 1. The number of rotatable bonds is 6. The first-order chi connectivity index (χ1) is 14.4. The zero-order valence-electron chi connectivity index (χ0n) is 17.0. The molecule has 1 saturated heterocycles. The number of hydrogen-bond donors (Lipinski definition) is 1. The molecule has 2 aliphatic rings. The zero-order chi connectivity index (χ0) is 21.2. The van der Waals surface area contributed by atoms with Crippen molar-refractivity contribution >= 4 is 15.9 Å². The van der Waals surface area contributed by atoms with Gasteiger partial charge in [-0.3, -0.25) is 4.79 Å². The molecule has 0 unspecified atom stereocenters. The molecule has 0 aliphatic carbocycles. The molecule has 0 spiro atoms. The molecule has 0 saturated carbocycles. The lowest BCUT2D eigenvalue weighted by Gasteiger charge is -2.37. The number of ether oxygens (including phenoxy) is 2. The molecule has 0 atom stereocenters. The molecule has 1 fully saturated rings. The molecule has 30 heavy (non-hydrogen) atoms. The molecule has 1 N–H and O–H groups in total. The average molecular weight is 431 g/mol. The summed E-state index contributed by atoms with van der Waals surface area (Å²) in [6.07, 6.45) is 0.988. The van der Waals surface area contributed by atoms with E-state index in [1.165, 1.54) is 4.31 Å². The fourth-order valence-corrected chi connectivity index (χ4v) is 5.34. The topological polar surface area (TPSA) is 84.9 Å². The van der Waals surface area contributed by atoms with Crippen LogP contribution in [-0.4, -0.2) is 38.5 Å². The van der Waals surface area contributed by atoms with Crippen LogP contribution in [0.15, 0.2) is 48.5 Å². The largest absolute Gasteiger partial charge is 0.454 e. The zero-order valence-corrected chi connectivity index (χ0v) is 17.8. The molecule has 0 radical (unpaired) electrons. The van der Waals surface area contributed by atoms with E-state index in [-0.39, 0.29) is 18.5 Å². The lowest BCUT2D eigenvalue weighted by atomic mass is 9.80. The summed E-state index contributed by atoms with van der Waals surface area (Å²) in [5.41, 5.74) is 1.11. The number of nitrogens with zero attached hydrogens (tertiary/aromatic N) is 1. The highest BCUT2D eigenvalue weighted by Gasteiger charge is 2.39. The maximum Gasteiger partial charge on any atom is 0.231 e. The normalized spacial score (nSPS) is 18.2. The van der Waals surface area contributed by atoms with E-state index < -0.39 is 15.4 Å². The summed E-state index contributed by atoms with van der Waals surface area (Å²) in [5, 5.41) is 2.99. The average Bonchev–Trinajstić information content (AvgIpc) is 3.20. The van der Waals surface area contributed by atoms with E-state index in [9.17, 15) is 13.2 Å². The van der Waals surface area contributed by atoms with Crippen molar-refractivity contribution in [2.75, 3.05) is 19.9 Å². The lowest BCUT2D eigenvalue weighted by Crippen LogP contribution is -2.48. The molecule has 8 heteroatoms. The van der Waals surface area contributed by atoms with Crippen LogP contribution in [0.1, 0.15) is 30.9 Å². The SMILES string of the molecule is CC1(C(=O)NCc2ccc3c(c2)OCO3)CCN(S(=O)(=O)Cc2ccccc2)CC1. The maximum atomic E-state index is 12.8. The van der Waals surface area contributed by atoms with Crippen LogP contribution in [0, 0.1) is 5.41 Å². The molecule has 4 rings (SSSR count). The monoisotopic (exact) mass is 430 g/mol. The summed E-state index contributed by atoms with van der Waals surface area (Å²) in [4.78, 5) is 12.8. The van der Waals surface area contributed by atoms with Gasteiger partial charge in [0.25, 0.3) is 0 Å². The number of hydrogen-bond acceptors (Lipinski definition) is 5. The first-order valence-electron chi connectivity index (χ1n) is 10.0. The van der Waals surface area contributed by atoms with Gasteiger partial charge in [-0.2, -0.15) is 0 Å². The molecular weight excluding hydrogens is 404 g/mol. The van der Waals surface area contributed by atoms with E-state index in [2.05, 4.69) is 5.32 Å². The second-order valence-corrected chi connectivity index (χ2v) is 10.0. The fraction of sp³-hybridized carbons (Fsp3) is 0.409. The Labute approximate surface area is 177 Å². The quantitative estimate of drug-likeness (QED) is 0.762. The Balaban J connectivity index is 1.32. The maximum absolute atomic E-state index is 12.8. The molecule has 2 aliphatic heterocycles. The molecule has 1 amide bonds. The third kappa shape index (κ3) is 4.44. The van der Waals surface area contributed by atoms with Crippen LogP contribution in [-0.2, 0) is 27.1 Å². The molecule has 2 heterocycles. The first kappa shape index (κ1) is 20.7. The minimum atomic E-state index is -3.40. The van der Waals surface area contributed by atoms with Gasteiger partial charge < -0.3 is 14.8 Å². The van der Waals surface area contributed by atoms with E-state index in [4.69, 9.17) is 9.47 Å². The number of sulfonamides is 1. The summed E-state index contributed by atoms with van der Waals surface area (Å²) in [6.45, 7) is 3.21. The summed E-state index contributed by atoms with van der Waals surface area (Å²) < 4.78 is 37.7. The van der Waals surface area contributed by atoms with Crippen LogP contribution in [0.2, 0.25) is 0 Å². The Hall–Kier alpha value is -2.58. The highest BCUT2D eigenvalue weighted by atomic mass is 32.2. The standard InChI is InChI=1S/C22H26N2O5S/c1-22(21(25)23-14-18-7-8-19-20(13-18)29-16-28-19)9-11-24(12-10-22)30(26,27)15-17-5-3-2-4-6-17/h2-8,13H,9-12,14-16H2,1H3,(H,23,25). The number of nitrogens with one attached hydrogen (secondary N) is 1. The van der Waals surface area contributed by atoms with E-state index in [1.54, 1.807) is 0 Å². The number of carbonyl (C=O) groups excluding carboxylic acids is 1. The van der Waals surface area contributed by atoms with Crippen LogP contribution in [0.25, 0.3) is 0 Å². The van der Waals surface area contributed by atoms with Crippen molar-refractivity contribution in [3.05, 3.63) is 59.7 Å². The van der Waals surface area contributed by atoms with Crippen molar-refractivity contribution in [1.29, 1.82) is 0 Å².